The second kappa shape index (κ2) is 8.49. The van der Waals surface area contributed by atoms with Crippen LogP contribution in [0.15, 0.2) is 18.2 Å². The van der Waals surface area contributed by atoms with Gasteiger partial charge in [0.1, 0.15) is 5.75 Å². The van der Waals surface area contributed by atoms with Crippen LogP contribution in [0.25, 0.3) is 10.2 Å². The molecule has 1 aromatic heterocycles. The van der Waals surface area contributed by atoms with Crippen molar-refractivity contribution in [3.05, 3.63) is 18.2 Å². The molecule has 0 spiro atoms. The van der Waals surface area contributed by atoms with Crippen LogP contribution in [0.2, 0.25) is 0 Å². The van der Waals surface area contributed by atoms with Crippen LogP contribution in [0.1, 0.15) is 19.3 Å². The number of piperidine rings is 1. The third kappa shape index (κ3) is 4.41. The largest absolute Gasteiger partial charge is 0.497 e. The molecule has 1 amide bonds. The number of ether oxygens (including phenoxy) is 2. The fraction of sp³-hybridized carbons (Fsp3) is 0.556. The van der Waals surface area contributed by atoms with Crippen molar-refractivity contribution in [1.82, 2.24) is 10.3 Å². The van der Waals surface area contributed by atoms with Gasteiger partial charge in [-0.3, -0.25) is 4.79 Å². The standard InChI is InChI=1S/C18H25N3O3S/c1-23-11-3-8-19-17(22)13-6-9-21(10-7-13)18-20-15-5-4-14(24-2)12-16(15)25-18/h4-5,12-13H,3,6-11H2,1-2H3,(H,19,22). The van der Waals surface area contributed by atoms with Gasteiger partial charge in [-0.25, -0.2) is 4.98 Å². The number of methoxy groups -OCH3 is 2. The number of nitrogens with zero attached hydrogens (tertiary/aromatic N) is 2. The highest BCUT2D eigenvalue weighted by atomic mass is 32.1. The van der Waals surface area contributed by atoms with Crippen LogP contribution in [0.5, 0.6) is 5.75 Å². The number of nitrogens with one attached hydrogen (secondary N) is 1. The van der Waals surface area contributed by atoms with Crippen LogP contribution in [0.3, 0.4) is 0 Å². The Kier molecular flexibility index (Phi) is 6.09. The molecule has 3 rings (SSSR count). The molecule has 7 heteroatoms. The van der Waals surface area contributed by atoms with E-state index in [4.69, 9.17) is 14.5 Å². The highest BCUT2D eigenvalue weighted by molar-refractivity contribution is 7.22. The third-order valence-corrected chi connectivity index (χ3v) is 5.62. The van der Waals surface area contributed by atoms with Gasteiger partial charge in [0.15, 0.2) is 5.13 Å². The van der Waals surface area contributed by atoms with E-state index in [-0.39, 0.29) is 11.8 Å². The molecule has 1 N–H and O–H groups in total. The first-order valence-electron chi connectivity index (χ1n) is 8.67. The molecule has 136 valence electrons. The number of amides is 1. The molecule has 0 aliphatic carbocycles. The van der Waals surface area contributed by atoms with Crippen LogP contribution in [0.4, 0.5) is 5.13 Å². The Morgan fingerprint density at radius 1 is 1.36 bits per heavy atom. The zero-order valence-electron chi connectivity index (χ0n) is 14.8. The summed E-state index contributed by atoms with van der Waals surface area (Å²) in [6.45, 7) is 3.11. The molecule has 0 radical (unpaired) electrons. The van der Waals surface area contributed by atoms with E-state index < -0.39 is 0 Å². The van der Waals surface area contributed by atoms with E-state index in [1.807, 2.05) is 18.2 Å². The molecule has 1 saturated heterocycles. The number of rotatable bonds is 7. The molecule has 0 saturated carbocycles. The number of aromatic nitrogens is 1. The van der Waals surface area contributed by atoms with Crippen molar-refractivity contribution in [1.29, 1.82) is 0 Å². The van der Waals surface area contributed by atoms with Crippen LogP contribution in [0, 0.1) is 5.92 Å². The summed E-state index contributed by atoms with van der Waals surface area (Å²) in [7, 11) is 3.35. The zero-order chi connectivity index (χ0) is 17.6. The number of thiazole rings is 1. The van der Waals surface area contributed by atoms with Gasteiger partial charge in [0, 0.05) is 39.3 Å². The van der Waals surface area contributed by atoms with Crippen molar-refractivity contribution >= 4 is 32.6 Å². The Labute approximate surface area is 152 Å². The van der Waals surface area contributed by atoms with Crippen molar-refractivity contribution in [3.8, 4) is 5.75 Å². The van der Waals surface area contributed by atoms with Gasteiger partial charge in [-0.2, -0.15) is 0 Å². The Balaban J connectivity index is 1.54. The normalized spacial score (nSPS) is 15.5. The second-order valence-electron chi connectivity index (χ2n) is 6.23. The summed E-state index contributed by atoms with van der Waals surface area (Å²) in [5, 5.41) is 4.04. The van der Waals surface area contributed by atoms with E-state index in [2.05, 4.69) is 10.2 Å². The quantitative estimate of drug-likeness (QED) is 0.766. The summed E-state index contributed by atoms with van der Waals surface area (Å²) in [6.07, 6.45) is 2.60. The number of hydrogen-bond donors (Lipinski definition) is 1. The third-order valence-electron chi connectivity index (χ3n) is 4.55. The van der Waals surface area contributed by atoms with Crippen molar-refractivity contribution in [2.75, 3.05) is 45.4 Å². The molecule has 0 unspecified atom stereocenters. The van der Waals surface area contributed by atoms with Crippen LogP contribution in [-0.4, -0.2) is 51.4 Å². The van der Waals surface area contributed by atoms with E-state index >= 15 is 0 Å². The molecule has 0 atom stereocenters. The second-order valence-corrected chi connectivity index (χ2v) is 7.24. The van der Waals surface area contributed by atoms with Crippen molar-refractivity contribution in [2.24, 2.45) is 5.92 Å². The van der Waals surface area contributed by atoms with Crippen LogP contribution < -0.4 is 15.0 Å². The smallest absolute Gasteiger partial charge is 0.223 e. The minimum absolute atomic E-state index is 0.105. The SMILES string of the molecule is COCCCNC(=O)C1CCN(c2nc3ccc(OC)cc3s2)CC1. The number of carbonyl (C=O) groups is 1. The number of fused-ring (bicyclic) bond motifs is 1. The van der Waals surface area contributed by atoms with Gasteiger partial charge in [-0.15, -0.1) is 0 Å². The highest BCUT2D eigenvalue weighted by Crippen LogP contribution is 2.33. The fourth-order valence-electron chi connectivity index (χ4n) is 3.06. The van der Waals surface area contributed by atoms with Gasteiger partial charge in [0.25, 0.3) is 0 Å². The number of anilines is 1. The van der Waals surface area contributed by atoms with Crippen molar-refractivity contribution in [3.63, 3.8) is 0 Å². The topological polar surface area (TPSA) is 63.7 Å². The summed E-state index contributed by atoms with van der Waals surface area (Å²) in [4.78, 5) is 19.2. The molecule has 1 aliphatic heterocycles. The number of hydrogen-bond acceptors (Lipinski definition) is 6. The van der Waals surface area contributed by atoms with Crippen molar-refractivity contribution < 1.29 is 14.3 Å². The first kappa shape index (κ1) is 17.9. The average Bonchev–Trinajstić information content (AvgIpc) is 3.08. The van der Waals surface area contributed by atoms with Gasteiger partial charge in [0.05, 0.1) is 17.3 Å². The molecule has 2 aromatic rings. The minimum atomic E-state index is 0.105. The lowest BCUT2D eigenvalue weighted by Crippen LogP contribution is -2.40. The molecular weight excluding hydrogens is 338 g/mol. The Bertz CT molecular complexity index is 711. The summed E-state index contributed by atoms with van der Waals surface area (Å²) in [5.74, 6) is 1.13. The summed E-state index contributed by atoms with van der Waals surface area (Å²) in [6, 6.07) is 5.96. The maximum atomic E-state index is 12.2. The minimum Gasteiger partial charge on any atom is -0.497 e. The first-order chi connectivity index (χ1) is 12.2. The number of carbonyl (C=O) groups excluding carboxylic acids is 1. The van der Waals surface area contributed by atoms with E-state index in [9.17, 15) is 4.79 Å². The van der Waals surface area contributed by atoms with E-state index in [1.54, 1.807) is 25.6 Å². The lowest BCUT2D eigenvalue weighted by Gasteiger charge is -2.31. The van der Waals surface area contributed by atoms with Gasteiger partial charge in [-0.1, -0.05) is 11.3 Å². The predicted molar refractivity (Wildman–Crippen MR) is 101 cm³/mol. The average molecular weight is 363 g/mol. The molecule has 2 heterocycles. The molecule has 25 heavy (non-hydrogen) atoms. The summed E-state index contributed by atoms with van der Waals surface area (Å²) < 4.78 is 11.4. The fourth-order valence-corrected chi connectivity index (χ4v) is 4.11. The van der Waals surface area contributed by atoms with E-state index in [0.717, 1.165) is 53.4 Å². The predicted octanol–water partition coefficient (Wildman–Crippen LogP) is 2.67. The molecule has 1 fully saturated rings. The molecule has 1 aromatic carbocycles. The molecule has 0 bridgehead atoms. The highest BCUT2D eigenvalue weighted by Gasteiger charge is 2.26. The lowest BCUT2D eigenvalue weighted by molar-refractivity contribution is -0.125. The maximum Gasteiger partial charge on any atom is 0.223 e. The van der Waals surface area contributed by atoms with E-state index in [1.165, 1.54) is 0 Å². The number of benzene rings is 1. The van der Waals surface area contributed by atoms with Gasteiger partial charge in [0.2, 0.25) is 5.91 Å². The Morgan fingerprint density at radius 2 is 2.16 bits per heavy atom. The van der Waals surface area contributed by atoms with Gasteiger partial charge < -0.3 is 19.7 Å². The maximum absolute atomic E-state index is 12.2. The molecular formula is C18H25N3O3S. The first-order valence-corrected chi connectivity index (χ1v) is 9.49. The summed E-state index contributed by atoms with van der Waals surface area (Å²) >= 11 is 1.68. The zero-order valence-corrected chi connectivity index (χ0v) is 15.6. The Morgan fingerprint density at radius 3 is 2.88 bits per heavy atom. The van der Waals surface area contributed by atoms with Gasteiger partial charge in [-0.05, 0) is 37.5 Å². The molecule has 1 aliphatic rings. The lowest BCUT2D eigenvalue weighted by atomic mass is 9.96. The molecule has 6 nitrogen and oxygen atoms in total. The van der Waals surface area contributed by atoms with Gasteiger partial charge >= 0.3 is 0 Å². The van der Waals surface area contributed by atoms with Crippen LogP contribution >= 0.6 is 11.3 Å². The Hall–Kier alpha value is -1.86. The van der Waals surface area contributed by atoms with Crippen molar-refractivity contribution in [2.45, 2.75) is 19.3 Å². The summed E-state index contributed by atoms with van der Waals surface area (Å²) in [5.41, 5.74) is 0.999. The van der Waals surface area contributed by atoms with E-state index in [0.29, 0.717) is 13.2 Å². The monoisotopic (exact) mass is 363 g/mol. The van der Waals surface area contributed by atoms with Crippen LogP contribution in [-0.2, 0) is 9.53 Å².